The molecule has 6 nitrogen and oxygen atoms in total. The number of halogens is 2. The van der Waals surface area contributed by atoms with E-state index < -0.39 is 28.2 Å². The van der Waals surface area contributed by atoms with Gasteiger partial charge in [-0.1, -0.05) is 6.07 Å². The lowest BCUT2D eigenvalue weighted by atomic mass is 10.0. The number of hydrogen-bond donors (Lipinski definition) is 1. The highest BCUT2D eigenvalue weighted by Crippen LogP contribution is 2.25. The van der Waals surface area contributed by atoms with Gasteiger partial charge in [-0.05, 0) is 67.4 Å². The van der Waals surface area contributed by atoms with Crippen LogP contribution in [0.3, 0.4) is 0 Å². The van der Waals surface area contributed by atoms with Crippen molar-refractivity contribution in [2.45, 2.75) is 20.5 Å². The van der Waals surface area contributed by atoms with Crippen LogP contribution in [0, 0.1) is 25.5 Å². The highest BCUT2D eigenvalue weighted by atomic mass is 19.1. The summed E-state index contributed by atoms with van der Waals surface area (Å²) in [5, 5.41) is 10.1. The molecule has 176 valence electrons. The Hall–Kier alpha value is -4.46. The van der Waals surface area contributed by atoms with Crippen LogP contribution < -0.4 is 15.6 Å². The molecule has 4 aromatic rings. The number of aryl methyl sites for hydroxylation is 1. The average Bonchev–Trinajstić information content (AvgIpc) is 3.07. The lowest BCUT2D eigenvalue weighted by Crippen LogP contribution is -2.12. The van der Waals surface area contributed by atoms with Crippen molar-refractivity contribution >= 4 is 0 Å². The normalized spacial score (nSPS) is 10.7. The van der Waals surface area contributed by atoms with E-state index in [1.807, 2.05) is 0 Å². The molecule has 0 radical (unpaired) electrons. The van der Waals surface area contributed by atoms with Gasteiger partial charge in [-0.25, -0.2) is 8.78 Å². The molecule has 0 aliphatic carbocycles. The van der Waals surface area contributed by atoms with Crippen molar-refractivity contribution in [3.63, 3.8) is 0 Å². The Morgan fingerprint density at radius 2 is 1.66 bits per heavy atom. The van der Waals surface area contributed by atoms with Gasteiger partial charge in [0.2, 0.25) is 10.9 Å². The first kappa shape index (κ1) is 23.7. The van der Waals surface area contributed by atoms with Crippen LogP contribution in [0.5, 0.6) is 11.5 Å². The van der Waals surface area contributed by atoms with E-state index in [1.54, 1.807) is 26.0 Å². The molecule has 8 heteroatoms. The summed E-state index contributed by atoms with van der Waals surface area (Å²) in [4.78, 5) is 33.4. The van der Waals surface area contributed by atoms with Gasteiger partial charge in [0.05, 0.1) is 18.1 Å². The van der Waals surface area contributed by atoms with Gasteiger partial charge in [0.1, 0.15) is 18.2 Å². The maximum Gasteiger partial charge on any atom is 0.226 e. The molecule has 0 aliphatic rings. The van der Waals surface area contributed by atoms with Crippen LogP contribution >= 0.6 is 0 Å². The van der Waals surface area contributed by atoms with E-state index in [-0.39, 0.29) is 17.9 Å². The maximum absolute atomic E-state index is 14.0. The summed E-state index contributed by atoms with van der Waals surface area (Å²) < 4.78 is 32.9. The van der Waals surface area contributed by atoms with E-state index in [0.29, 0.717) is 33.5 Å². The van der Waals surface area contributed by atoms with Gasteiger partial charge in [-0.15, -0.1) is 0 Å². The zero-order chi connectivity index (χ0) is 25.1. The number of aromatic nitrogens is 2. The molecule has 0 spiro atoms. The molecule has 0 unspecified atom stereocenters. The van der Waals surface area contributed by atoms with Crippen LogP contribution in [0.2, 0.25) is 0 Å². The number of pyridine rings is 2. The quantitative estimate of drug-likeness (QED) is 0.451. The summed E-state index contributed by atoms with van der Waals surface area (Å²) >= 11 is 0. The third-order valence-corrected chi connectivity index (χ3v) is 5.51. The van der Waals surface area contributed by atoms with Gasteiger partial charge in [0.25, 0.3) is 0 Å². The summed E-state index contributed by atoms with van der Waals surface area (Å²) in [7, 11) is 0. The third kappa shape index (κ3) is 5.06. The molecule has 0 bridgehead atoms. The van der Waals surface area contributed by atoms with Crippen molar-refractivity contribution in [2.75, 3.05) is 0 Å². The van der Waals surface area contributed by atoms with E-state index in [1.165, 1.54) is 42.6 Å². The Kier molecular flexibility index (Phi) is 6.64. The van der Waals surface area contributed by atoms with Crippen molar-refractivity contribution in [2.24, 2.45) is 0 Å². The standard InChI is InChI=1S/C27H20F2N2O4/c1-15-9-18(23-6-5-20(28)11-31-23)4-8-25(26(15)33)35-14-19-10-17(3-7-24(32)27(19)34)21-12-30-13-22(29)16(21)2/h3-13H,14H2,1-2H3,(H,32,34). The number of nitrogens with zero attached hydrogens (tertiary/aromatic N) is 2. The summed E-state index contributed by atoms with van der Waals surface area (Å²) in [6.07, 6.45) is 3.63. The Bertz CT molecular complexity index is 1540. The molecular formula is C27H20F2N2O4. The fourth-order valence-electron chi connectivity index (χ4n) is 3.53. The fourth-order valence-corrected chi connectivity index (χ4v) is 3.53. The lowest BCUT2D eigenvalue weighted by Gasteiger charge is -2.06. The first-order valence-electron chi connectivity index (χ1n) is 10.6. The molecule has 2 heterocycles. The molecule has 4 rings (SSSR count). The van der Waals surface area contributed by atoms with Crippen molar-refractivity contribution in [1.29, 1.82) is 0 Å². The molecule has 0 aliphatic heterocycles. The molecule has 1 N–H and O–H groups in total. The first-order chi connectivity index (χ1) is 16.7. The minimum absolute atomic E-state index is 0.0218. The fraction of sp³-hybridized carbons (Fsp3) is 0.111. The Labute approximate surface area is 199 Å². The monoisotopic (exact) mass is 474 g/mol. The maximum atomic E-state index is 14.0. The first-order valence-corrected chi connectivity index (χ1v) is 10.6. The predicted octanol–water partition coefficient (Wildman–Crippen LogP) is 4.71. The van der Waals surface area contributed by atoms with E-state index >= 15 is 0 Å². The van der Waals surface area contributed by atoms with Crippen LogP contribution in [-0.2, 0) is 6.61 Å². The van der Waals surface area contributed by atoms with Gasteiger partial charge in [0, 0.05) is 28.5 Å². The van der Waals surface area contributed by atoms with Gasteiger partial charge in [-0.2, -0.15) is 0 Å². The minimum atomic E-state index is -0.682. The highest BCUT2D eigenvalue weighted by molar-refractivity contribution is 5.67. The van der Waals surface area contributed by atoms with Gasteiger partial charge in [-0.3, -0.25) is 19.6 Å². The van der Waals surface area contributed by atoms with E-state index in [0.717, 1.165) is 12.4 Å². The molecule has 0 atom stereocenters. The van der Waals surface area contributed by atoms with Crippen molar-refractivity contribution in [3.05, 3.63) is 116 Å². The van der Waals surface area contributed by atoms with Crippen LogP contribution in [0.15, 0.2) is 76.7 Å². The Morgan fingerprint density at radius 1 is 0.886 bits per heavy atom. The number of hydrogen-bond acceptors (Lipinski definition) is 6. The molecule has 35 heavy (non-hydrogen) atoms. The Morgan fingerprint density at radius 3 is 2.40 bits per heavy atom. The molecule has 2 aromatic heterocycles. The summed E-state index contributed by atoms with van der Waals surface area (Å²) in [6.45, 7) is 2.86. The second-order valence-electron chi connectivity index (χ2n) is 7.93. The zero-order valence-electron chi connectivity index (χ0n) is 18.9. The van der Waals surface area contributed by atoms with Gasteiger partial charge in [0.15, 0.2) is 11.5 Å². The SMILES string of the molecule is Cc1c(F)cncc1-c1ccc(O)c(=O)c(COc2ccc(-c3ccc(F)cn3)cc(C)c2=O)c1. The van der Waals surface area contributed by atoms with Crippen LogP contribution in [0.25, 0.3) is 22.4 Å². The van der Waals surface area contributed by atoms with Crippen molar-refractivity contribution in [1.82, 2.24) is 9.97 Å². The van der Waals surface area contributed by atoms with E-state index in [4.69, 9.17) is 4.74 Å². The van der Waals surface area contributed by atoms with Crippen LogP contribution in [0.1, 0.15) is 16.7 Å². The molecule has 0 saturated carbocycles. The molecule has 0 amide bonds. The smallest absolute Gasteiger partial charge is 0.226 e. The number of ether oxygens (including phenoxy) is 1. The summed E-state index contributed by atoms with van der Waals surface area (Å²) in [6, 6.07) is 11.6. The number of aromatic hydroxyl groups is 1. The Balaban J connectivity index is 1.71. The second kappa shape index (κ2) is 9.80. The molecular weight excluding hydrogens is 454 g/mol. The average molecular weight is 474 g/mol. The van der Waals surface area contributed by atoms with Crippen molar-refractivity contribution < 1.29 is 18.6 Å². The van der Waals surface area contributed by atoms with Crippen LogP contribution in [0.4, 0.5) is 8.78 Å². The zero-order valence-corrected chi connectivity index (χ0v) is 18.9. The van der Waals surface area contributed by atoms with E-state index in [9.17, 15) is 23.5 Å². The van der Waals surface area contributed by atoms with Gasteiger partial charge < -0.3 is 9.84 Å². The summed E-state index contributed by atoms with van der Waals surface area (Å²) in [5.74, 6) is -1.52. The number of rotatable bonds is 5. The highest BCUT2D eigenvalue weighted by Gasteiger charge is 2.12. The minimum Gasteiger partial charge on any atom is -0.504 e. The van der Waals surface area contributed by atoms with Gasteiger partial charge >= 0.3 is 0 Å². The largest absolute Gasteiger partial charge is 0.504 e. The second-order valence-corrected chi connectivity index (χ2v) is 7.93. The van der Waals surface area contributed by atoms with Crippen LogP contribution in [-0.4, -0.2) is 15.1 Å². The molecule has 0 fully saturated rings. The molecule has 2 aromatic carbocycles. The third-order valence-electron chi connectivity index (χ3n) is 5.51. The van der Waals surface area contributed by atoms with Crippen molar-refractivity contribution in [3.8, 4) is 33.9 Å². The summed E-state index contributed by atoms with van der Waals surface area (Å²) in [5.41, 5.74) is 1.63. The molecule has 0 saturated heterocycles. The lowest BCUT2D eigenvalue weighted by molar-refractivity contribution is 0.302. The topological polar surface area (TPSA) is 89.4 Å². The van der Waals surface area contributed by atoms with E-state index in [2.05, 4.69) is 9.97 Å². The predicted molar refractivity (Wildman–Crippen MR) is 127 cm³/mol.